The van der Waals surface area contributed by atoms with Crippen LogP contribution in [0.3, 0.4) is 0 Å². The van der Waals surface area contributed by atoms with E-state index in [-0.39, 0.29) is 5.97 Å². The fourth-order valence-electron chi connectivity index (χ4n) is 3.10. The van der Waals surface area contributed by atoms with Crippen molar-refractivity contribution in [2.45, 2.75) is 77.8 Å². The zero-order chi connectivity index (χ0) is 13.6. The lowest BCUT2D eigenvalue weighted by Crippen LogP contribution is -2.57. The molecule has 0 aromatic heterocycles. The maximum atomic E-state index is 12.2. The number of nitrogens with one attached hydrogen (secondary N) is 1. The highest BCUT2D eigenvalue weighted by molar-refractivity contribution is 5.81. The van der Waals surface area contributed by atoms with Crippen molar-refractivity contribution in [1.82, 2.24) is 5.32 Å². The summed E-state index contributed by atoms with van der Waals surface area (Å²) in [6.07, 6.45) is 6.68. The van der Waals surface area contributed by atoms with Crippen molar-refractivity contribution in [2.24, 2.45) is 5.92 Å². The van der Waals surface area contributed by atoms with Gasteiger partial charge < -0.3 is 4.74 Å². The Morgan fingerprint density at radius 2 is 1.94 bits per heavy atom. The van der Waals surface area contributed by atoms with E-state index in [9.17, 15) is 4.79 Å². The van der Waals surface area contributed by atoms with Gasteiger partial charge in [-0.1, -0.05) is 19.8 Å². The Hall–Kier alpha value is -0.570. The van der Waals surface area contributed by atoms with E-state index in [2.05, 4.69) is 26.1 Å². The van der Waals surface area contributed by atoms with Crippen molar-refractivity contribution in [3.63, 3.8) is 0 Å². The lowest BCUT2D eigenvalue weighted by molar-refractivity contribution is -0.153. The fraction of sp³-hybridized carbons (Fsp3) is 0.933. The van der Waals surface area contributed by atoms with Gasteiger partial charge in [0.1, 0.15) is 5.54 Å². The lowest BCUT2D eigenvalue weighted by atomic mass is 9.74. The van der Waals surface area contributed by atoms with Crippen LogP contribution < -0.4 is 5.32 Å². The van der Waals surface area contributed by atoms with Gasteiger partial charge in [-0.15, -0.1) is 0 Å². The first kappa shape index (κ1) is 15.5. The van der Waals surface area contributed by atoms with Crippen LogP contribution in [-0.4, -0.2) is 24.2 Å². The van der Waals surface area contributed by atoms with Crippen LogP contribution in [0.5, 0.6) is 0 Å². The Morgan fingerprint density at radius 3 is 2.39 bits per heavy atom. The van der Waals surface area contributed by atoms with Gasteiger partial charge in [-0.3, -0.25) is 10.1 Å². The Bertz CT molecular complexity index is 255. The van der Waals surface area contributed by atoms with Crippen LogP contribution in [0, 0.1) is 5.92 Å². The highest BCUT2D eigenvalue weighted by Crippen LogP contribution is 2.35. The minimum atomic E-state index is -0.422. The predicted octanol–water partition coefficient (Wildman–Crippen LogP) is 3.28. The third-order valence-corrected chi connectivity index (χ3v) is 3.89. The number of hydrogen-bond donors (Lipinski definition) is 1. The molecule has 0 aromatic rings. The second-order valence-corrected chi connectivity index (χ2v) is 5.83. The smallest absolute Gasteiger partial charge is 0.326 e. The van der Waals surface area contributed by atoms with Crippen LogP contribution in [0.1, 0.15) is 66.2 Å². The molecule has 0 heterocycles. The molecule has 0 bridgehead atoms. The van der Waals surface area contributed by atoms with Crippen LogP contribution in [0.4, 0.5) is 0 Å². The monoisotopic (exact) mass is 255 g/mol. The van der Waals surface area contributed by atoms with E-state index in [1.165, 1.54) is 12.8 Å². The van der Waals surface area contributed by atoms with E-state index in [1.807, 2.05) is 6.92 Å². The minimum absolute atomic E-state index is 0.0475. The number of rotatable bonds is 6. The van der Waals surface area contributed by atoms with Crippen LogP contribution in [0.15, 0.2) is 0 Å². The van der Waals surface area contributed by atoms with Gasteiger partial charge in [0.25, 0.3) is 0 Å². The number of esters is 1. The zero-order valence-corrected chi connectivity index (χ0v) is 12.4. The normalized spacial score (nSPS) is 28.4. The van der Waals surface area contributed by atoms with Crippen molar-refractivity contribution < 1.29 is 9.53 Å². The van der Waals surface area contributed by atoms with Gasteiger partial charge in [0.05, 0.1) is 6.61 Å². The largest absolute Gasteiger partial charge is 0.465 e. The van der Waals surface area contributed by atoms with E-state index < -0.39 is 5.54 Å². The van der Waals surface area contributed by atoms with Crippen molar-refractivity contribution in [1.29, 1.82) is 0 Å². The molecule has 0 aromatic carbocycles. The Balaban J connectivity index is 2.66. The fourth-order valence-corrected chi connectivity index (χ4v) is 3.10. The van der Waals surface area contributed by atoms with Crippen LogP contribution in [-0.2, 0) is 9.53 Å². The second kappa shape index (κ2) is 7.13. The molecular formula is C15H29NO2. The van der Waals surface area contributed by atoms with E-state index in [0.29, 0.717) is 12.6 Å². The first-order valence-corrected chi connectivity index (χ1v) is 7.49. The molecule has 106 valence electrons. The molecule has 1 aliphatic rings. The van der Waals surface area contributed by atoms with Crippen LogP contribution >= 0.6 is 0 Å². The Morgan fingerprint density at radius 1 is 1.33 bits per heavy atom. The molecule has 18 heavy (non-hydrogen) atoms. The number of ether oxygens (including phenoxy) is 1. The summed E-state index contributed by atoms with van der Waals surface area (Å²) in [5, 5.41) is 3.47. The van der Waals surface area contributed by atoms with Crippen molar-refractivity contribution in [2.75, 3.05) is 6.61 Å². The summed E-state index contributed by atoms with van der Waals surface area (Å²) in [7, 11) is 0. The summed E-state index contributed by atoms with van der Waals surface area (Å²) in [6, 6.07) is 0.317. The summed E-state index contributed by atoms with van der Waals surface area (Å²) in [6.45, 7) is 8.78. The first-order chi connectivity index (χ1) is 8.54. The molecule has 0 spiro atoms. The quantitative estimate of drug-likeness (QED) is 0.740. The standard InChI is InChI=1S/C15H29NO2/c1-5-7-13-8-10-15(11-9-13,16-12(3)4)14(17)18-6-2/h12-13,16H,5-11H2,1-4H3. The summed E-state index contributed by atoms with van der Waals surface area (Å²) in [5.74, 6) is 0.750. The van der Waals surface area contributed by atoms with Crippen molar-refractivity contribution >= 4 is 5.97 Å². The topological polar surface area (TPSA) is 38.3 Å². The number of hydrogen-bond acceptors (Lipinski definition) is 3. The summed E-state index contributed by atoms with van der Waals surface area (Å²) in [5.41, 5.74) is -0.422. The number of carbonyl (C=O) groups excluding carboxylic acids is 1. The van der Waals surface area contributed by atoms with Gasteiger partial charge in [-0.05, 0) is 52.4 Å². The van der Waals surface area contributed by atoms with Gasteiger partial charge in [0, 0.05) is 6.04 Å². The molecule has 3 heteroatoms. The predicted molar refractivity (Wildman–Crippen MR) is 74.5 cm³/mol. The van der Waals surface area contributed by atoms with Crippen LogP contribution in [0.25, 0.3) is 0 Å². The molecule has 1 saturated carbocycles. The molecule has 0 atom stereocenters. The molecule has 0 unspecified atom stereocenters. The molecule has 3 nitrogen and oxygen atoms in total. The van der Waals surface area contributed by atoms with Gasteiger partial charge >= 0.3 is 5.97 Å². The van der Waals surface area contributed by atoms with E-state index in [1.54, 1.807) is 0 Å². The van der Waals surface area contributed by atoms with Crippen LogP contribution in [0.2, 0.25) is 0 Å². The van der Waals surface area contributed by atoms with Gasteiger partial charge in [-0.25, -0.2) is 0 Å². The molecule has 0 radical (unpaired) electrons. The number of carbonyl (C=O) groups is 1. The SMILES string of the molecule is CCCC1CCC(NC(C)C)(C(=O)OCC)CC1. The third-order valence-electron chi connectivity index (χ3n) is 3.89. The van der Waals surface area contributed by atoms with Gasteiger partial charge in [0.2, 0.25) is 0 Å². The van der Waals surface area contributed by atoms with Crippen molar-refractivity contribution in [3.8, 4) is 0 Å². The molecule has 0 saturated heterocycles. The highest BCUT2D eigenvalue weighted by Gasteiger charge is 2.42. The molecule has 0 amide bonds. The molecule has 1 fully saturated rings. The summed E-state index contributed by atoms with van der Waals surface area (Å²) < 4.78 is 5.28. The van der Waals surface area contributed by atoms with Gasteiger partial charge in [-0.2, -0.15) is 0 Å². The van der Waals surface area contributed by atoms with E-state index in [4.69, 9.17) is 4.74 Å². The highest BCUT2D eigenvalue weighted by atomic mass is 16.5. The van der Waals surface area contributed by atoms with Gasteiger partial charge in [0.15, 0.2) is 0 Å². The first-order valence-electron chi connectivity index (χ1n) is 7.49. The zero-order valence-electron chi connectivity index (χ0n) is 12.4. The average Bonchev–Trinajstić information content (AvgIpc) is 2.32. The summed E-state index contributed by atoms with van der Waals surface area (Å²) in [4.78, 5) is 12.2. The molecule has 1 aliphatic carbocycles. The lowest BCUT2D eigenvalue weighted by Gasteiger charge is -2.40. The second-order valence-electron chi connectivity index (χ2n) is 5.83. The molecule has 1 N–H and O–H groups in total. The summed E-state index contributed by atoms with van der Waals surface area (Å²) >= 11 is 0. The molecule has 1 rings (SSSR count). The maximum absolute atomic E-state index is 12.2. The van der Waals surface area contributed by atoms with E-state index >= 15 is 0 Å². The Kier molecular flexibility index (Phi) is 6.13. The molecular weight excluding hydrogens is 226 g/mol. The maximum Gasteiger partial charge on any atom is 0.326 e. The average molecular weight is 255 g/mol. The van der Waals surface area contributed by atoms with E-state index in [0.717, 1.165) is 31.6 Å². The van der Waals surface area contributed by atoms with Crippen molar-refractivity contribution in [3.05, 3.63) is 0 Å². The Labute approximate surface area is 112 Å². The third kappa shape index (κ3) is 3.98. The molecule has 0 aliphatic heterocycles. The minimum Gasteiger partial charge on any atom is -0.465 e.